The van der Waals surface area contributed by atoms with Crippen LogP contribution in [0.5, 0.6) is 5.75 Å². The lowest BCUT2D eigenvalue weighted by Crippen LogP contribution is -2.17. The fourth-order valence-corrected chi connectivity index (χ4v) is 2.63. The van der Waals surface area contributed by atoms with E-state index in [1.807, 2.05) is 12.1 Å². The molecule has 25 heavy (non-hydrogen) atoms. The second-order valence-corrected chi connectivity index (χ2v) is 5.70. The van der Waals surface area contributed by atoms with E-state index in [1.54, 1.807) is 36.2 Å². The van der Waals surface area contributed by atoms with Crippen LogP contribution in [0, 0.1) is 0 Å². The van der Waals surface area contributed by atoms with Gasteiger partial charge in [0, 0.05) is 6.07 Å². The Morgan fingerprint density at radius 3 is 2.52 bits per heavy atom. The van der Waals surface area contributed by atoms with E-state index in [1.165, 1.54) is 5.56 Å². The van der Waals surface area contributed by atoms with Gasteiger partial charge in [-0.3, -0.25) is 4.79 Å². The lowest BCUT2D eigenvalue weighted by atomic mass is 10.1. The number of rotatable bonds is 6. The number of benzene rings is 2. The Hall–Kier alpha value is -3.08. The van der Waals surface area contributed by atoms with Gasteiger partial charge in [-0.15, -0.1) is 0 Å². The van der Waals surface area contributed by atoms with Crippen LogP contribution in [-0.2, 0) is 13.0 Å². The van der Waals surface area contributed by atoms with Crippen molar-refractivity contribution >= 4 is 11.7 Å². The van der Waals surface area contributed by atoms with Gasteiger partial charge >= 0.3 is 0 Å². The molecule has 5 heteroatoms. The highest BCUT2D eigenvalue weighted by Gasteiger charge is 2.14. The maximum Gasteiger partial charge on any atom is 0.260 e. The maximum atomic E-state index is 12.5. The van der Waals surface area contributed by atoms with Crippen molar-refractivity contribution < 1.29 is 9.53 Å². The van der Waals surface area contributed by atoms with Crippen molar-refractivity contribution in [3.8, 4) is 5.75 Å². The molecular formula is C20H21N3O2. The summed E-state index contributed by atoms with van der Waals surface area (Å²) in [4.78, 5) is 12.5. The molecule has 0 aliphatic heterocycles. The standard InChI is InChI=1S/C20H21N3O2/c1-3-15-8-10-16(11-9-15)14-23-19(12-13-21-23)22-20(24)17-6-4-5-7-18(17)25-2/h4-13H,3,14H2,1-2H3,(H,22,24). The first-order chi connectivity index (χ1) is 12.2. The van der Waals surface area contributed by atoms with Crippen molar-refractivity contribution in [2.75, 3.05) is 12.4 Å². The number of ether oxygens (including phenoxy) is 1. The summed E-state index contributed by atoms with van der Waals surface area (Å²) in [7, 11) is 1.55. The number of hydrogen-bond acceptors (Lipinski definition) is 3. The minimum atomic E-state index is -0.222. The number of nitrogens with one attached hydrogen (secondary N) is 1. The number of hydrogen-bond donors (Lipinski definition) is 1. The fraction of sp³-hybridized carbons (Fsp3) is 0.200. The van der Waals surface area contributed by atoms with Crippen molar-refractivity contribution in [1.29, 1.82) is 0 Å². The van der Waals surface area contributed by atoms with Crippen LogP contribution in [0.1, 0.15) is 28.4 Å². The van der Waals surface area contributed by atoms with Gasteiger partial charge in [-0.05, 0) is 29.7 Å². The van der Waals surface area contributed by atoms with E-state index < -0.39 is 0 Å². The van der Waals surface area contributed by atoms with E-state index in [0.717, 1.165) is 12.0 Å². The Kier molecular flexibility index (Phi) is 5.14. The monoisotopic (exact) mass is 335 g/mol. The minimum absolute atomic E-state index is 0.222. The molecule has 1 N–H and O–H groups in total. The third kappa shape index (κ3) is 3.88. The molecule has 0 aliphatic carbocycles. The molecular weight excluding hydrogens is 314 g/mol. The van der Waals surface area contributed by atoms with Crippen LogP contribution in [0.15, 0.2) is 60.8 Å². The number of methoxy groups -OCH3 is 1. The summed E-state index contributed by atoms with van der Waals surface area (Å²) in [6, 6.07) is 17.3. The molecule has 0 saturated carbocycles. The summed E-state index contributed by atoms with van der Waals surface area (Å²) in [5.41, 5.74) is 2.92. The average Bonchev–Trinajstić information content (AvgIpc) is 3.08. The Balaban J connectivity index is 1.76. The molecule has 1 amide bonds. The van der Waals surface area contributed by atoms with Crippen LogP contribution in [-0.4, -0.2) is 22.8 Å². The van der Waals surface area contributed by atoms with Gasteiger partial charge in [-0.25, -0.2) is 4.68 Å². The van der Waals surface area contributed by atoms with Crippen LogP contribution >= 0.6 is 0 Å². The first kappa shape index (κ1) is 16.8. The Morgan fingerprint density at radius 2 is 1.80 bits per heavy atom. The first-order valence-corrected chi connectivity index (χ1v) is 8.25. The molecule has 0 bridgehead atoms. The number of carbonyl (C=O) groups is 1. The topological polar surface area (TPSA) is 56.2 Å². The molecule has 3 rings (SSSR count). The van der Waals surface area contributed by atoms with Gasteiger partial charge in [-0.1, -0.05) is 43.3 Å². The Labute approximate surface area is 147 Å². The lowest BCUT2D eigenvalue weighted by Gasteiger charge is -2.11. The number of carbonyl (C=O) groups excluding carboxylic acids is 1. The summed E-state index contributed by atoms with van der Waals surface area (Å²) in [5.74, 6) is 0.970. The van der Waals surface area contributed by atoms with Gasteiger partial charge in [0.25, 0.3) is 5.91 Å². The van der Waals surface area contributed by atoms with Crippen molar-refractivity contribution in [1.82, 2.24) is 9.78 Å². The molecule has 0 saturated heterocycles. The number of para-hydroxylation sites is 1. The van der Waals surface area contributed by atoms with Gasteiger partial charge in [-0.2, -0.15) is 5.10 Å². The SMILES string of the molecule is CCc1ccc(Cn2nccc2NC(=O)c2ccccc2OC)cc1. The minimum Gasteiger partial charge on any atom is -0.496 e. The van der Waals surface area contributed by atoms with Gasteiger partial charge in [0.1, 0.15) is 11.6 Å². The van der Waals surface area contributed by atoms with Crippen LogP contribution in [0.3, 0.4) is 0 Å². The largest absolute Gasteiger partial charge is 0.496 e. The van der Waals surface area contributed by atoms with Crippen LogP contribution in [0.2, 0.25) is 0 Å². The maximum absolute atomic E-state index is 12.5. The number of aromatic nitrogens is 2. The van der Waals surface area contributed by atoms with Gasteiger partial charge < -0.3 is 10.1 Å². The average molecular weight is 335 g/mol. The molecule has 0 aliphatic rings. The van der Waals surface area contributed by atoms with E-state index in [2.05, 4.69) is 41.6 Å². The van der Waals surface area contributed by atoms with E-state index >= 15 is 0 Å². The molecule has 2 aromatic carbocycles. The van der Waals surface area contributed by atoms with Gasteiger partial charge in [0.15, 0.2) is 0 Å². The molecule has 0 radical (unpaired) electrons. The van der Waals surface area contributed by atoms with Crippen molar-refractivity contribution in [3.05, 3.63) is 77.5 Å². The highest BCUT2D eigenvalue weighted by molar-refractivity contribution is 6.05. The molecule has 0 spiro atoms. The fourth-order valence-electron chi connectivity index (χ4n) is 2.63. The summed E-state index contributed by atoms with van der Waals surface area (Å²) in [5, 5.41) is 7.22. The van der Waals surface area contributed by atoms with Crippen molar-refractivity contribution in [2.45, 2.75) is 19.9 Å². The predicted octanol–water partition coefficient (Wildman–Crippen LogP) is 3.75. The molecule has 1 heterocycles. The number of anilines is 1. The number of amides is 1. The number of nitrogens with zero attached hydrogens (tertiary/aromatic N) is 2. The Bertz CT molecular complexity index is 853. The molecule has 1 aromatic heterocycles. The quantitative estimate of drug-likeness (QED) is 0.746. The summed E-state index contributed by atoms with van der Waals surface area (Å²) in [6.07, 6.45) is 2.69. The third-order valence-electron chi connectivity index (χ3n) is 4.07. The zero-order valence-electron chi connectivity index (χ0n) is 14.4. The van der Waals surface area contributed by atoms with Gasteiger partial charge in [0.2, 0.25) is 0 Å². The van der Waals surface area contributed by atoms with Gasteiger partial charge in [0.05, 0.1) is 25.4 Å². The zero-order valence-corrected chi connectivity index (χ0v) is 14.4. The van der Waals surface area contributed by atoms with Crippen molar-refractivity contribution in [3.63, 3.8) is 0 Å². The summed E-state index contributed by atoms with van der Waals surface area (Å²) >= 11 is 0. The summed E-state index contributed by atoms with van der Waals surface area (Å²) < 4.78 is 7.02. The molecule has 0 unspecified atom stereocenters. The van der Waals surface area contributed by atoms with Crippen LogP contribution in [0.4, 0.5) is 5.82 Å². The smallest absolute Gasteiger partial charge is 0.260 e. The zero-order chi connectivity index (χ0) is 17.6. The van der Waals surface area contributed by atoms with E-state index in [0.29, 0.717) is 23.7 Å². The van der Waals surface area contributed by atoms with Crippen LogP contribution in [0.25, 0.3) is 0 Å². The molecule has 3 aromatic rings. The van der Waals surface area contributed by atoms with Crippen molar-refractivity contribution in [2.24, 2.45) is 0 Å². The second-order valence-electron chi connectivity index (χ2n) is 5.70. The predicted molar refractivity (Wildman–Crippen MR) is 98.1 cm³/mol. The molecule has 0 atom stereocenters. The highest BCUT2D eigenvalue weighted by atomic mass is 16.5. The van der Waals surface area contributed by atoms with E-state index in [-0.39, 0.29) is 5.91 Å². The first-order valence-electron chi connectivity index (χ1n) is 8.25. The Morgan fingerprint density at radius 1 is 1.08 bits per heavy atom. The van der Waals surface area contributed by atoms with E-state index in [9.17, 15) is 4.79 Å². The van der Waals surface area contributed by atoms with Crippen LogP contribution < -0.4 is 10.1 Å². The normalized spacial score (nSPS) is 10.5. The lowest BCUT2D eigenvalue weighted by molar-refractivity contribution is 0.102. The number of aryl methyl sites for hydroxylation is 1. The molecule has 5 nitrogen and oxygen atoms in total. The third-order valence-corrected chi connectivity index (χ3v) is 4.07. The molecule has 0 fully saturated rings. The summed E-state index contributed by atoms with van der Waals surface area (Å²) in [6.45, 7) is 2.73. The molecule has 128 valence electrons. The second kappa shape index (κ2) is 7.66. The van der Waals surface area contributed by atoms with E-state index in [4.69, 9.17) is 4.74 Å². The highest BCUT2D eigenvalue weighted by Crippen LogP contribution is 2.19.